The zero-order valence-electron chi connectivity index (χ0n) is 13.7. The average Bonchev–Trinajstić information content (AvgIpc) is 2.97. The second-order valence-corrected chi connectivity index (χ2v) is 5.89. The normalized spacial score (nSPS) is 19.1. The van der Waals surface area contributed by atoms with Crippen LogP contribution in [0.25, 0.3) is 11.1 Å². The number of aliphatic imine (C=N–C) groups is 2. The van der Waals surface area contributed by atoms with Crippen molar-refractivity contribution >= 4 is 11.8 Å². The molecule has 0 amide bonds. The lowest BCUT2D eigenvalue weighted by Gasteiger charge is -2.27. The largest absolute Gasteiger partial charge is 0.384 e. The van der Waals surface area contributed by atoms with Crippen LogP contribution in [0.1, 0.15) is 11.1 Å². The van der Waals surface area contributed by atoms with Crippen LogP contribution in [0.4, 0.5) is 4.39 Å². The molecule has 128 valence electrons. The van der Waals surface area contributed by atoms with E-state index in [4.69, 9.17) is 11.5 Å². The van der Waals surface area contributed by atoms with E-state index >= 15 is 0 Å². The van der Waals surface area contributed by atoms with Gasteiger partial charge >= 0.3 is 0 Å². The molecule has 0 saturated heterocycles. The molecule has 0 fully saturated rings. The first-order valence-electron chi connectivity index (χ1n) is 7.91. The topological polar surface area (TPSA) is 103 Å². The van der Waals surface area contributed by atoms with Gasteiger partial charge < -0.3 is 11.5 Å². The number of guanidine groups is 1. The number of nitrogens with zero attached hydrogens (tertiary/aromatic N) is 4. The van der Waals surface area contributed by atoms with Crippen LogP contribution in [-0.4, -0.2) is 21.8 Å². The molecule has 0 saturated carbocycles. The molecule has 7 heteroatoms. The van der Waals surface area contributed by atoms with E-state index in [-0.39, 0.29) is 11.8 Å². The first-order valence-corrected chi connectivity index (χ1v) is 7.91. The zero-order chi connectivity index (χ0) is 18.1. The minimum atomic E-state index is -1.04. The maximum atomic E-state index is 13.6. The summed E-state index contributed by atoms with van der Waals surface area (Å²) in [6.07, 6.45) is 6.09. The van der Waals surface area contributed by atoms with Crippen molar-refractivity contribution in [2.75, 3.05) is 0 Å². The molecule has 1 aliphatic rings. The first-order chi connectivity index (χ1) is 12.6. The molecule has 1 atom stereocenters. The van der Waals surface area contributed by atoms with Crippen LogP contribution in [0.5, 0.6) is 0 Å². The Kier molecular flexibility index (Phi) is 3.69. The number of halogens is 1. The van der Waals surface area contributed by atoms with E-state index in [1.165, 1.54) is 12.3 Å². The monoisotopic (exact) mass is 346 g/mol. The Bertz CT molecular complexity index is 1030. The molecule has 0 bridgehead atoms. The smallest absolute Gasteiger partial charge is 0.218 e. The lowest BCUT2D eigenvalue weighted by molar-refractivity contribution is 0.622. The van der Waals surface area contributed by atoms with Crippen molar-refractivity contribution in [1.82, 2.24) is 9.97 Å². The van der Waals surface area contributed by atoms with Crippen molar-refractivity contribution in [2.45, 2.75) is 5.54 Å². The second kappa shape index (κ2) is 6.03. The molecule has 0 spiro atoms. The van der Waals surface area contributed by atoms with E-state index in [0.717, 1.165) is 16.7 Å². The Morgan fingerprint density at radius 2 is 1.65 bits per heavy atom. The third-order valence-corrected chi connectivity index (χ3v) is 4.30. The summed E-state index contributed by atoms with van der Waals surface area (Å²) >= 11 is 0. The van der Waals surface area contributed by atoms with Gasteiger partial charge in [0, 0.05) is 24.2 Å². The second-order valence-electron chi connectivity index (χ2n) is 5.89. The summed E-state index contributed by atoms with van der Waals surface area (Å²) < 4.78 is 13.6. The maximum absolute atomic E-state index is 13.6. The molecule has 6 nitrogen and oxygen atoms in total. The van der Waals surface area contributed by atoms with Crippen LogP contribution < -0.4 is 11.5 Å². The molecular weight excluding hydrogens is 331 g/mol. The van der Waals surface area contributed by atoms with Gasteiger partial charge in [0.25, 0.3) is 0 Å². The summed E-state index contributed by atoms with van der Waals surface area (Å²) in [6.45, 7) is 0. The van der Waals surface area contributed by atoms with Crippen LogP contribution in [0.15, 0.2) is 77.2 Å². The molecule has 1 aromatic carbocycles. The van der Waals surface area contributed by atoms with E-state index in [0.29, 0.717) is 5.56 Å². The fourth-order valence-corrected chi connectivity index (χ4v) is 3.14. The number of pyridine rings is 2. The third kappa shape index (κ3) is 2.50. The van der Waals surface area contributed by atoms with E-state index in [2.05, 4.69) is 20.0 Å². The Labute approximate surface area is 149 Å². The molecule has 26 heavy (non-hydrogen) atoms. The van der Waals surface area contributed by atoms with Gasteiger partial charge in [0.2, 0.25) is 5.96 Å². The third-order valence-electron chi connectivity index (χ3n) is 4.30. The summed E-state index contributed by atoms with van der Waals surface area (Å²) in [6, 6.07) is 12.6. The Balaban J connectivity index is 1.92. The van der Waals surface area contributed by atoms with Gasteiger partial charge in [0.05, 0.1) is 6.20 Å². The SMILES string of the molecule is NC1=NC(c2ccncc2)(c2cccc(-c3cncc(F)c3)c2)C(N)=N1. The van der Waals surface area contributed by atoms with Gasteiger partial charge in [-0.25, -0.2) is 9.38 Å². The number of nitrogens with two attached hydrogens (primary N) is 2. The summed E-state index contributed by atoms with van der Waals surface area (Å²) in [5.41, 5.74) is 14.1. The number of rotatable bonds is 3. The molecule has 0 aliphatic carbocycles. The van der Waals surface area contributed by atoms with Crippen molar-refractivity contribution < 1.29 is 4.39 Å². The Morgan fingerprint density at radius 1 is 0.846 bits per heavy atom. The minimum Gasteiger partial charge on any atom is -0.384 e. The van der Waals surface area contributed by atoms with Crippen LogP contribution in [0, 0.1) is 5.82 Å². The fraction of sp³-hybridized carbons (Fsp3) is 0.0526. The number of amidine groups is 1. The highest BCUT2D eigenvalue weighted by Gasteiger charge is 2.42. The van der Waals surface area contributed by atoms with E-state index in [9.17, 15) is 4.39 Å². The molecular formula is C19H15FN6. The summed E-state index contributed by atoms with van der Waals surface area (Å²) in [7, 11) is 0. The lowest BCUT2D eigenvalue weighted by atomic mass is 9.82. The van der Waals surface area contributed by atoms with Crippen molar-refractivity contribution in [3.63, 3.8) is 0 Å². The molecule has 3 heterocycles. The van der Waals surface area contributed by atoms with Gasteiger partial charge in [0.15, 0.2) is 5.54 Å². The zero-order valence-corrected chi connectivity index (χ0v) is 13.7. The van der Waals surface area contributed by atoms with Gasteiger partial charge in [-0.15, -0.1) is 0 Å². The number of benzene rings is 1. The first kappa shape index (κ1) is 15.9. The molecule has 2 aromatic heterocycles. The van der Waals surface area contributed by atoms with E-state index in [1.807, 2.05) is 36.4 Å². The summed E-state index contributed by atoms with van der Waals surface area (Å²) in [5.74, 6) is -0.0196. The molecule has 4 rings (SSSR count). The summed E-state index contributed by atoms with van der Waals surface area (Å²) in [4.78, 5) is 16.6. The molecule has 1 unspecified atom stereocenters. The highest BCUT2D eigenvalue weighted by molar-refractivity contribution is 6.08. The minimum absolute atomic E-state index is 0.108. The van der Waals surface area contributed by atoms with Crippen LogP contribution >= 0.6 is 0 Å². The predicted octanol–water partition coefficient (Wildman–Crippen LogP) is 2.21. The van der Waals surface area contributed by atoms with Gasteiger partial charge in [-0.2, -0.15) is 4.99 Å². The van der Waals surface area contributed by atoms with Gasteiger partial charge in [-0.05, 0) is 41.0 Å². The standard InChI is InChI=1S/C19H15FN6/c20-16-9-13(10-24-11-16)12-2-1-3-15(8-12)19(14-4-6-23-7-5-14)17(21)25-18(22)26-19/h1-11H,(H4,21,22,25,26). The number of hydrogen-bond donors (Lipinski definition) is 2. The van der Waals surface area contributed by atoms with E-state index < -0.39 is 11.4 Å². The van der Waals surface area contributed by atoms with Gasteiger partial charge in [-0.1, -0.05) is 18.2 Å². The Hall–Kier alpha value is -3.61. The van der Waals surface area contributed by atoms with Crippen molar-refractivity contribution in [2.24, 2.45) is 21.5 Å². The number of aromatic nitrogens is 2. The summed E-state index contributed by atoms with van der Waals surface area (Å²) in [5, 5.41) is 0. The van der Waals surface area contributed by atoms with Crippen LogP contribution in [0.3, 0.4) is 0 Å². The average molecular weight is 346 g/mol. The van der Waals surface area contributed by atoms with Gasteiger partial charge in [0.1, 0.15) is 11.7 Å². The lowest BCUT2D eigenvalue weighted by Crippen LogP contribution is -2.38. The highest BCUT2D eigenvalue weighted by atomic mass is 19.1. The molecule has 3 aromatic rings. The quantitative estimate of drug-likeness (QED) is 0.759. The van der Waals surface area contributed by atoms with Crippen LogP contribution in [-0.2, 0) is 5.54 Å². The van der Waals surface area contributed by atoms with Crippen molar-refractivity contribution in [3.05, 3.63) is 84.2 Å². The van der Waals surface area contributed by atoms with E-state index in [1.54, 1.807) is 18.6 Å². The van der Waals surface area contributed by atoms with Crippen LogP contribution in [0.2, 0.25) is 0 Å². The fourth-order valence-electron chi connectivity index (χ4n) is 3.14. The molecule has 0 radical (unpaired) electrons. The highest BCUT2D eigenvalue weighted by Crippen LogP contribution is 2.38. The number of hydrogen-bond acceptors (Lipinski definition) is 6. The van der Waals surface area contributed by atoms with Crippen molar-refractivity contribution in [1.29, 1.82) is 0 Å². The molecule has 4 N–H and O–H groups in total. The maximum Gasteiger partial charge on any atom is 0.218 e. The Morgan fingerprint density at radius 3 is 2.35 bits per heavy atom. The van der Waals surface area contributed by atoms with Crippen molar-refractivity contribution in [3.8, 4) is 11.1 Å². The predicted molar refractivity (Wildman–Crippen MR) is 97.9 cm³/mol. The molecule has 1 aliphatic heterocycles. The van der Waals surface area contributed by atoms with Gasteiger partial charge in [-0.3, -0.25) is 9.97 Å².